The standard InChI is InChI=1S/C20H16F2N2O4/c1-27-20(26)12-5-7-13(8-6-12)24-17(25)9-10-18-23-11-16(28-18)19-14(21)3-2-4-15(19)22/h2-8,11H,9-10H2,1H3,(H,24,25). The van der Waals surface area contributed by atoms with Gasteiger partial charge < -0.3 is 14.5 Å². The Balaban J connectivity index is 1.58. The molecule has 0 aliphatic carbocycles. The number of nitrogens with zero attached hydrogens (tertiary/aromatic N) is 1. The Labute approximate surface area is 159 Å². The Morgan fingerprint density at radius 1 is 1.11 bits per heavy atom. The van der Waals surface area contributed by atoms with Gasteiger partial charge in [-0.2, -0.15) is 0 Å². The number of amides is 1. The lowest BCUT2D eigenvalue weighted by Crippen LogP contribution is -2.12. The van der Waals surface area contributed by atoms with Gasteiger partial charge in [-0.15, -0.1) is 0 Å². The SMILES string of the molecule is COC(=O)c1ccc(NC(=O)CCc2ncc(-c3c(F)cccc3F)o2)cc1. The maximum atomic E-state index is 13.8. The van der Waals surface area contributed by atoms with Crippen molar-refractivity contribution < 1.29 is 27.5 Å². The van der Waals surface area contributed by atoms with Gasteiger partial charge in [0.2, 0.25) is 5.91 Å². The van der Waals surface area contributed by atoms with Crippen molar-refractivity contribution in [1.82, 2.24) is 4.98 Å². The molecule has 0 aliphatic heterocycles. The van der Waals surface area contributed by atoms with Crippen molar-refractivity contribution in [3.8, 4) is 11.3 Å². The Bertz CT molecular complexity index is 979. The third-order valence-electron chi connectivity index (χ3n) is 3.92. The van der Waals surface area contributed by atoms with E-state index >= 15 is 0 Å². The number of anilines is 1. The monoisotopic (exact) mass is 386 g/mol. The molecule has 1 N–H and O–H groups in total. The summed E-state index contributed by atoms with van der Waals surface area (Å²) in [5.74, 6) is -2.13. The molecule has 8 heteroatoms. The summed E-state index contributed by atoms with van der Waals surface area (Å²) in [4.78, 5) is 27.4. The molecular formula is C20H16F2N2O4. The Kier molecular flexibility index (Phi) is 5.78. The van der Waals surface area contributed by atoms with E-state index in [-0.39, 0.29) is 36.0 Å². The zero-order valence-electron chi connectivity index (χ0n) is 14.9. The quantitative estimate of drug-likeness (QED) is 0.648. The van der Waals surface area contributed by atoms with Gasteiger partial charge in [-0.1, -0.05) is 6.07 Å². The highest BCUT2D eigenvalue weighted by Gasteiger charge is 2.16. The van der Waals surface area contributed by atoms with Crippen LogP contribution in [0, 0.1) is 11.6 Å². The molecule has 3 aromatic rings. The summed E-state index contributed by atoms with van der Waals surface area (Å²) in [5.41, 5.74) is 0.587. The number of ether oxygens (including phenoxy) is 1. The van der Waals surface area contributed by atoms with Gasteiger partial charge >= 0.3 is 5.97 Å². The number of hydrogen-bond acceptors (Lipinski definition) is 5. The van der Waals surface area contributed by atoms with Crippen molar-refractivity contribution in [2.75, 3.05) is 12.4 Å². The van der Waals surface area contributed by atoms with E-state index in [0.29, 0.717) is 11.3 Å². The molecule has 0 aliphatic rings. The zero-order valence-corrected chi connectivity index (χ0v) is 14.9. The molecule has 0 atom stereocenters. The number of benzene rings is 2. The number of carbonyl (C=O) groups excluding carboxylic acids is 2. The van der Waals surface area contributed by atoms with Crippen LogP contribution in [0.25, 0.3) is 11.3 Å². The number of aromatic nitrogens is 1. The van der Waals surface area contributed by atoms with Crippen LogP contribution >= 0.6 is 0 Å². The minimum absolute atomic E-state index is 0.0376. The third kappa shape index (κ3) is 4.40. The summed E-state index contributed by atoms with van der Waals surface area (Å²) in [6, 6.07) is 9.73. The Morgan fingerprint density at radius 3 is 2.43 bits per heavy atom. The van der Waals surface area contributed by atoms with Crippen molar-refractivity contribution in [3.63, 3.8) is 0 Å². The molecule has 2 aromatic carbocycles. The molecule has 0 unspecified atom stereocenters. The van der Waals surface area contributed by atoms with E-state index in [1.807, 2.05) is 0 Å². The van der Waals surface area contributed by atoms with Crippen molar-refractivity contribution >= 4 is 17.6 Å². The Hall–Kier alpha value is -3.55. The van der Waals surface area contributed by atoms with E-state index in [4.69, 9.17) is 4.42 Å². The highest BCUT2D eigenvalue weighted by molar-refractivity contribution is 5.93. The molecule has 0 spiro atoms. The molecule has 0 saturated carbocycles. The highest BCUT2D eigenvalue weighted by atomic mass is 19.1. The van der Waals surface area contributed by atoms with E-state index < -0.39 is 17.6 Å². The molecule has 28 heavy (non-hydrogen) atoms. The van der Waals surface area contributed by atoms with Crippen molar-refractivity contribution in [1.29, 1.82) is 0 Å². The maximum Gasteiger partial charge on any atom is 0.337 e. The van der Waals surface area contributed by atoms with Crippen LogP contribution in [0.1, 0.15) is 22.7 Å². The second-order valence-electron chi connectivity index (χ2n) is 5.83. The van der Waals surface area contributed by atoms with Gasteiger partial charge in [-0.25, -0.2) is 18.6 Å². The second kappa shape index (κ2) is 8.43. The van der Waals surface area contributed by atoms with Gasteiger partial charge in [-0.3, -0.25) is 4.79 Å². The van der Waals surface area contributed by atoms with E-state index in [9.17, 15) is 18.4 Å². The fourth-order valence-corrected chi connectivity index (χ4v) is 2.53. The van der Waals surface area contributed by atoms with Crippen molar-refractivity contribution in [3.05, 3.63) is 71.8 Å². The maximum absolute atomic E-state index is 13.8. The number of oxazole rings is 1. The molecular weight excluding hydrogens is 370 g/mol. The van der Waals surface area contributed by atoms with Gasteiger partial charge in [-0.05, 0) is 36.4 Å². The number of nitrogens with one attached hydrogen (secondary N) is 1. The third-order valence-corrected chi connectivity index (χ3v) is 3.92. The van der Waals surface area contributed by atoms with Crippen LogP contribution in [0.4, 0.5) is 14.5 Å². The van der Waals surface area contributed by atoms with Gasteiger partial charge in [0.05, 0.1) is 24.4 Å². The summed E-state index contributed by atoms with van der Waals surface area (Å²) in [6.45, 7) is 0. The molecule has 0 fully saturated rings. The summed E-state index contributed by atoms with van der Waals surface area (Å²) in [7, 11) is 1.28. The van der Waals surface area contributed by atoms with E-state index in [2.05, 4.69) is 15.0 Å². The topological polar surface area (TPSA) is 81.4 Å². The molecule has 0 bridgehead atoms. The van der Waals surface area contributed by atoms with Gasteiger partial charge in [0.1, 0.15) is 11.6 Å². The summed E-state index contributed by atoms with van der Waals surface area (Å²) >= 11 is 0. The van der Waals surface area contributed by atoms with Crippen LogP contribution in [0.2, 0.25) is 0 Å². The molecule has 0 saturated heterocycles. The number of methoxy groups -OCH3 is 1. The first-order valence-corrected chi connectivity index (χ1v) is 8.35. The highest BCUT2D eigenvalue weighted by Crippen LogP contribution is 2.26. The van der Waals surface area contributed by atoms with Crippen LogP contribution in [0.5, 0.6) is 0 Å². The predicted molar refractivity (Wildman–Crippen MR) is 96.6 cm³/mol. The number of aryl methyl sites for hydroxylation is 1. The smallest absolute Gasteiger partial charge is 0.337 e. The number of hydrogen-bond donors (Lipinski definition) is 1. The minimum Gasteiger partial charge on any atom is -0.465 e. The number of rotatable bonds is 6. The summed E-state index contributed by atoms with van der Waals surface area (Å²) < 4.78 is 37.5. The molecule has 6 nitrogen and oxygen atoms in total. The molecule has 1 amide bonds. The fourth-order valence-electron chi connectivity index (χ4n) is 2.53. The largest absolute Gasteiger partial charge is 0.465 e. The average Bonchev–Trinajstić information content (AvgIpc) is 3.15. The first kappa shape index (κ1) is 19.2. The fraction of sp³-hybridized carbons (Fsp3) is 0.150. The minimum atomic E-state index is -0.754. The summed E-state index contributed by atoms with van der Waals surface area (Å²) in [6.07, 6.45) is 1.43. The molecule has 1 heterocycles. The van der Waals surface area contributed by atoms with Crippen LogP contribution in [0.3, 0.4) is 0 Å². The van der Waals surface area contributed by atoms with Gasteiger partial charge in [0.25, 0.3) is 0 Å². The van der Waals surface area contributed by atoms with Crippen LogP contribution in [0.15, 0.2) is 53.1 Å². The van der Waals surface area contributed by atoms with E-state index in [1.54, 1.807) is 12.1 Å². The molecule has 3 rings (SSSR count). The lowest BCUT2D eigenvalue weighted by Gasteiger charge is -2.05. The lowest BCUT2D eigenvalue weighted by atomic mass is 10.1. The van der Waals surface area contributed by atoms with Gasteiger partial charge in [0.15, 0.2) is 11.7 Å². The normalized spacial score (nSPS) is 10.5. The Morgan fingerprint density at radius 2 is 1.79 bits per heavy atom. The van der Waals surface area contributed by atoms with Crippen LogP contribution < -0.4 is 5.32 Å². The number of halogens is 2. The predicted octanol–water partition coefficient (Wildman–Crippen LogP) is 3.98. The van der Waals surface area contributed by atoms with Gasteiger partial charge in [0, 0.05) is 18.5 Å². The van der Waals surface area contributed by atoms with Crippen molar-refractivity contribution in [2.45, 2.75) is 12.8 Å². The van der Waals surface area contributed by atoms with E-state index in [0.717, 1.165) is 12.1 Å². The summed E-state index contributed by atoms with van der Waals surface area (Å²) in [5, 5.41) is 2.67. The number of esters is 1. The second-order valence-corrected chi connectivity index (χ2v) is 5.83. The first-order chi connectivity index (χ1) is 13.5. The van der Waals surface area contributed by atoms with Crippen LogP contribution in [-0.2, 0) is 16.0 Å². The lowest BCUT2D eigenvalue weighted by molar-refractivity contribution is -0.116. The zero-order chi connectivity index (χ0) is 20.1. The molecule has 144 valence electrons. The first-order valence-electron chi connectivity index (χ1n) is 8.35. The molecule has 0 radical (unpaired) electrons. The van der Waals surface area contributed by atoms with Crippen molar-refractivity contribution in [2.24, 2.45) is 0 Å². The average molecular weight is 386 g/mol. The van der Waals surface area contributed by atoms with E-state index in [1.165, 1.54) is 31.5 Å². The molecule has 1 aromatic heterocycles. The number of carbonyl (C=O) groups is 2. The van der Waals surface area contributed by atoms with Crippen LogP contribution in [-0.4, -0.2) is 24.0 Å².